The lowest BCUT2D eigenvalue weighted by molar-refractivity contribution is -0.384. The second kappa shape index (κ2) is 4.85. The summed E-state index contributed by atoms with van der Waals surface area (Å²) < 4.78 is 1.84. The standard InChI is InChI=1S/C12H12N6O3/c13-9-3-1-2-8(11(9)18(20)21)12(19)16-4-5-17-7-14-15-10(17)6-16/h1-3,7H,4-6,13H2. The SMILES string of the molecule is Nc1cccc(C(=O)N2CCn3cnnc3C2)c1[N+](=O)[O-]. The average Bonchev–Trinajstić information content (AvgIpc) is 2.93. The maximum Gasteiger partial charge on any atom is 0.304 e. The molecule has 3 rings (SSSR count). The fraction of sp³-hybridized carbons (Fsp3) is 0.250. The van der Waals surface area contributed by atoms with Gasteiger partial charge in [-0.25, -0.2) is 0 Å². The summed E-state index contributed by atoms with van der Waals surface area (Å²) in [7, 11) is 0. The number of fused-ring (bicyclic) bond motifs is 1. The highest BCUT2D eigenvalue weighted by Crippen LogP contribution is 2.27. The molecule has 1 aromatic carbocycles. The van der Waals surface area contributed by atoms with E-state index in [9.17, 15) is 14.9 Å². The lowest BCUT2D eigenvalue weighted by Crippen LogP contribution is -2.38. The van der Waals surface area contributed by atoms with E-state index in [-0.39, 0.29) is 23.5 Å². The summed E-state index contributed by atoms with van der Waals surface area (Å²) in [5.41, 5.74) is 5.23. The minimum atomic E-state index is -0.630. The van der Waals surface area contributed by atoms with Gasteiger partial charge >= 0.3 is 5.69 Å². The first-order chi connectivity index (χ1) is 10.1. The van der Waals surface area contributed by atoms with E-state index in [1.807, 2.05) is 4.57 Å². The zero-order valence-corrected chi connectivity index (χ0v) is 11.0. The topological polar surface area (TPSA) is 120 Å². The maximum atomic E-state index is 12.5. The van der Waals surface area contributed by atoms with E-state index in [2.05, 4.69) is 10.2 Å². The molecule has 2 aromatic rings. The van der Waals surface area contributed by atoms with Crippen molar-refractivity contribution in [1.29, 1.82) is 0 Å². The molecular weight excluding hydrogens is 276 g/mol. The second-order valence-corrected chi connectivity index (χ2v) is 4.67. The molecule has 0 atom stereocenters. The van der Waals surface area contributed by atoms with Gasteiger partial charge in [-0.3, -0.25) is 14.9 Å². The fourth-order valence-corrected chi connectivity index (χ4v) is 2.35. The molecule has 1 aromatic heterocycles. The molecule has 9 heteroatoms. The summed E-state index contributed by atoms with van der Waals surface area (Å²) in [5, 5.41) is 18.8. The summed E-state index contributed by atoms with van der Waals surface area (Å²) in [6.45, 7) is 1.27. The van der Waals surface area contributed by atoms with E-state index in [1.54, 1.807) is 6.33 Å². The molecule has 0 aliphatic carbocycles. The van der Waals surface area contributed by atoms with E-state index in [4.69, 9.17) is 5.73 Å². The highest BCUT2D eigenvalue weighted by Gasteiger charge is 2.29. The van der Waals surface area contributed by atoms with E-state index in [1.165, 1.54) is 23.1 Å². The Hall–Kier alpha value is -2.97. The van der Waals surface area contributed by atoms with Crippen LogP contribution in [0.2, 0.25) is 0 Å². The number of hydrogen-bond donors (Lipinski definition) is 1. The third kappa shape index (κ3) is 2.18. The van der Waals surface area contributed by atoms with Gasteiger partial charge in [0.1, 0.15) is 17.6 Å². The number of hydrogen-bond acceptors (Lipinski definition) is 6. The van der Waals surface area contributed by atoms with Gasteiger partial charge in [0.15, 0.2) is 5.82 Å². The summed E-state index contributed by atoms with van der Waals surface area (Å²) in [6, 6.07) is 4.35. The summed E-state index contributed by atoms with van der Waals surface area (Å²) in [4.78, 5) is 24.5. The van der Waals surface area contributed by atoms with Crippen LogP contribution in [0.25, 0.3) is 0 Å². The van der Waals surface area contributed by atoms with E-state index < -0.39 is 10.8 Å². The van der Waals surface area contributed by atoms with Crippen LogP contribution in [0.4, 0.5) is 11.4 Å². The van der Waals surface area contributed by atoms with Crippen molar-refractivity contribution in [3.8, 4) is 0 Å². The van der Waals surface area contributed by atoms with Crippen molar-refractivity contribution in [2.75, 3.05) is 12.3 Å². The Morgan fingerprint density at radius 1 is 1.38 bits per heavy atom. The predicted molar refractivity (Wildman–Crippen MR) is 72.3 cm³/mol. The molecular formula is C12H12N6O3. The molecule has 0 fully saturated rings. The Bertz CT molecular complexity index is 726. The van der Waals surface area contributed by atoms with Gasteiger partial charge in [0, 0.05) is 13.1 Å². The summed E-state index contributed by atoms with van der Waals surface area (Å²) in [6.07, 6.45) is 1.60. The maximum absolute atomic E-state index is 12.5. The van der Waals surface area contributed by atoms with E-state index in [0.29, 0.717) is 18.9 Å². The molecule has 0 saturated carbocycles. The van der Waals surface area contributed by atoms with Crippen LogP contribution in [-0.2, 0) is 13.1 Å². The lowest BCUT2D eigenvalue weighted by atomic mass is 10.1. The van der Waals surface area contributed by atoms with Crippen molar-refractivity contribution in [1.82, 2.24) is 19.7 Å². The molecule has 0 spiro atoms. The van der Waals surface area contributed by atoms with Crippen molar-refractivity contribution in [2.45, 2.75) is 13.1 Å². The number of nitrogens with zero attached hydrogens (tertiary/aromatic N) is 5. The van der Waals surface area contributed by atoms with E-state index in [0.717, 1.165) is 0 Å². The first kappa shape index (κ1) is 13.0. The van der Waals surface area contributed by atoms with Crippen LogP contribution < -0.4 is 5.73 Å². The molecule has 108 valence electrons. The number of anilines is 1. The Morgan fingerprint density at radius 3 is 2.95 bits per heavy atom. The molecule has 0 radical (unpaired) electrons. The molecule has 1 amide bonds. The molecule has 2 heterocycles. The van der Waals surface area contributed by atoms with Gasteiger partial charge in [0.25, 0.3) is 5.91 Å². The Labute approximate surface area is 119 Å². The highest BCUT2D eigenvalue weighted by atomic mass is 16.6. The zero-order chi connectivity index (χ0) is 15.0. The van der Waals surface area contributed by atoms with Crippen LogP contribution in [0.5, 0.6) is 0 Å². The predicted octanol–water partition coefficient (Wildman–Crippen LogP) is 0.425. The number of rotatable bonds is 2. The van der Waals surface area contributed by atoms with Crippen molar-refractivity contribution in [3.63, 3.8) is 0 Å². The van der Waals surface area contributed by atoms with Crippen molar-refractivity contribution < 1.29 is 9.72 Å². The number of para-hydroxylation sites is 1. The number of nitrogens with two attached hydrogens (primary N) is 1. The Morgan fingerprint density at radius 2 is 2.19 bits per heavy atom. The van der Waals surface area contributed by atoms with Crippen molar-refractivity contribution >= 4 is 17.3 Å². The van der Waals surface area contributed by atoms with Gasteiger partial charge in [0.2, 0.25) is 0 Å². The zero-order valence-electron chi connectivity index (χ0n) is 11.0. The van der Waals surface area contributed by atoms with Crippen LogP contribution in [-0.4, -0.2) is 37.0 Å². The molecule has 1 aliphatic heterocycles. The Kier molecular flexibility index (Phi) is 3.01. The number of carbonyl (C=O) groups excluding carboxylic acids is 1. The fourth-order valence-electron chi connectivity index (χ4n) is 2.35. The third-order valence-electron chi connectivity index (χ3n) is 3.41. The van der Waals surface area contributed by atoms with Gasteiger partial charge in [-0.1, -0.05) is 6.07 Å². The number of nitro groups is 1. The molecule has 9 nitrogen and oxygen atoms in total. The normalized spacial score (nSPS) is 13.8. The quantitative estimate of drug-likeness (QED) is 0.486. The number of nitrogen functional groups attached to an aromatic ring is 1. The van der Waals surface area contributed by atoms with Crippen molar-refractivity contribution in [3.05, 3.63) is 46.0 Å². The smallest absolute Gasteiger partial charge is 0.304 e. The molecule has 2 N–H and O–H groups in total. The van der Waals surface area contributed by atoms with Gasteiger partial charge in [-0.2, -0.15) is 0 Å². The van der Waals surface area contributed by atoms with Crippen LogP contribution in [0, 0.1) is 10.1 Å². The molecule has 0 bridgehead atoms. The van der Waals surface area contributed by atoms with Gasteiger partial charge in [-0.15, -0.1) is 10.2 Å². The average molecular weight is 288 g/mol. The number of nitro benzene ring substituents is 1. The van der Waals surface area contributed by atoms with Crippen LogP contribution >= 0.6 is 0 Å². The summed E-state index contributed by atoms with van der Waals surface area (Å²) >= 11 is 0. The second-order valence-electron chi connectivity index (χ2n) is 4.67. The lowest BCUT2D eigenvalue weighted by Gasteiger charge is -2.27. The van der Waals surface area contributed by atoms with Crippen LogP contribution in [0.1, 0.15) is 16.2 Å². The van der Waals surface area contributed by atoms with Gasteiger partial charge < -0.3 is 15.2 Å². The molecule has 0 unspecified atom stereocenters. The number of carbonyl (C=O) groups is 1. The Balaban J connectivity index is 1.94. The number of benzene rings is 1. The van der Waals surface area contributed by atoms with E-state index >= 15 is 0 Å². The number of amides is 1. The highest BCUT2D eigenvalue weighted by molar-refractivity contribution is 6.00. The van der Waals surface area contributed by atoms with Gasteiger partial charge in [0.05, 0.1) is 11.5 Å². The minimum absolute atomic E-state index is 0.00651. The van der Waals surface area contributed by atoms with Crippen LogP contribution in [0.3, 0.4) is 0 Å². The number of aromatic nitrogens is 3. The van der Waals surface area contributed by atoms with Gasteiger partial charge in [-0.05, 0) is 12.1 Å². The summed E-state index contributed by atoms with van der Waals surface area (Å²) in [5.74, 6) is 0.226. The molecule has 21 heavy (non-hydrogen) atoms. The minimum Gasteiger partial charge on any atom is -0.393 e. The molecule has 0 saturated heterocycles. The van der Waals surface area contributed by atoms with Crippen molar-refractivity contribution in [2.24, 2.45) is 0 Å². The largest absolute Gasteiger partial charge is 0.393 e. The molecule has 1 aliphatic rings. The van der Waals surface area contributed by atoms with Crippen LogP contribution in [0.15, 0.2) is 24.5 Å². The first-order valence-corrected chi connectivity index (χ1v) is 6.27. The monoisotopic (exact) mass is 288 g/mol. The third-order valence-corrected chi connectivity index (χ3v) is 3.41. The first-order valence-electron chi connectivity index (χ1n) is 6.27.